The molecule has 0 aromatic heterocycles. The SMILES string of the molecule is Cc1cc(C)cc(NC(N)=NCCN2CCN(Cc3ccccc3)CC2)c1. The molecule has 5 heteroatoms. The summed E-state index contributed by atoms with van der Waals surface area (Å²) in [7, 11) is 0. The number of aliphatic imine (C=N–C) groups is 1. The second-order valence-corrected chi connectivity index (χ2v) is 7.37. The van der Waals surface area contributed by atoms with E-state index >= 15 is 0 Å². The third-order valence-corrected chi connectivity index (χ3v) is 4.91. The van der Waals surface area contributed by atoms with E-state index < -0.39 is 0 Å². The lowest BCUT2D eigenvalue weighted by atomic mass is 10.1. The van der Waals surface area contributed by atoms with Gasteiger partial charge in [0.25, 0.3) is 0 Å². The number of piperazine rings is 1. The number of benzene rings is 2. The van der Waals surface area contributed by atoms with Gasteiger partial charge < -0.3 is 11.1 Å². The second-order valence-electron chi connectivity index (χ2n) is 7.37. The maximum atomic E-state index is 6.04. The van der Waals surface area contributed by atoms with Crippen molar-refractivity contribution in [3.05, 3.63) is 65.2 Å². The third-order valence-electron chi connectivity index (χ3n) is 4.91. The largest absolute Gasteiger partial charge is 0.370 e. The number of hydrogen-bond donors (Lipinski definition) is 2. The van der Waals surface area contributed by atoms with Crippen LogP contribution in [0, 0.1) is 13.8 Å². The third kappa shape index (κ3) is 6.38. The van der Waals surface area contributed by atoms with E-state index in [1.54, 1.807) is 0 Å². The second kappa shape index (κ2) is 9.53. The van der Waals surface area contributed by atoms with Crippen molar-refractivity contribution in [2.45, 2.75) is 20.4 Å². The molecule has 1 saturated heterocycles. The number of guanidine groups is 1. The molecule has 1 aliphatic rings. The molecule has 3 rings (SSSR count). The Morgan fingerprint density at radius 2 is 1.59 bits per heavy atom. The van der Waals surface area contributed by atoms with Crippen LogP contribution in [0.3, 0.4) is 0 Å². The first-order valence-corrected chi connectivity index (χ1v) is 9.72. The smallest absolute Gasteiger partial charge is 0.193 e. The van der Waals surface area contributed by atoms with Crippen molar-refractivity contribution < 1.29 is 0 Å². The van der Waals surface area contributed by atoms with Crippen LogP contribution < -0.4 is 11.1 Å². The first-order valence-electron chi connectivity index (χ1n) is 9.72. The number of nitrogens with zero attached hydrogens (tertiary/aromatic N) is 3. The van der Waals surface area contributed by atoms with Crippen LogP contribution in [0.25, 0.3) is 0 Å². The minimum Gasteiger partial charge on any atom is -0.370 e. The van der Waals surface area contributed by atoms with Gasteiger partial charge in [-0.1, -0.05) is 36.4 Å². The molecule has 5 nitrogen and oxygen atoms in total. The Morgan fingerprint density at radius 1 is 0.963 bits per heavy atom. The van der Waals surface area contributed by atoms with E-state index in [-0.39, 0.29) is 0 Å². The highest BCUT2D eigenvalue weighted by Crippen LogP contribution is 2.13. The molecule has 0 bridgehead atoms. The Bertz CT molecular complexity index is 728. The lowest BCUT2D eigenvalue weighted by molar-refractivity contribution is 0.130. The fourth-order valence-electron chi connectivity index (χ4n) is 3.56. The number of anilines is 1. The van der Waals surface area contributed by atoms with Gasteiger partial charge in [0.15, 0.2) is 5.96 Å². The minimum atomic E-state index is 0.489. The van der Waals surface area contributed by atoms with E-state index in [0.29, 0.717) is 5.96 Å². The Hall–Kier alpha value is -2.37. The zero-order valence-corrected chi connectivity index (χ0v) is 16.5. The topological polar surface area (TPSA) is 56.9 Å². The summed E-state index contributed by atoms with van der Waals surface area (Å²) in [5.41, 5.74) is 10.9. The zero-order chi connectivity index (χ0) is 19.1. The van der Waals surface area contributed by atoms with E-state index in [2.05, 4.69) is 82.5 Å². The van der Waals surface area contributed by atoms with Crippen LogP contribution in [0.15, 0.2) is 53.5 Å². The van der Waals surface area contributed by atoms with E-state index in [0.717, 1.165) is 51.5 Å². The predicted molar refractivity (Wildman–Crippen MR) is 114 cm³/mol. The lowest BCUT2D eigenvalue weighted by Gasteiger charge is -2.34. The van der Waals surface area contributed by atoms with Crippen LogP contribution in [-0.2, 0) is 6.54 Å². The summed E-state index contributed by atoms with van der Waals surface area (Å²) in [5, 5.41) is 3.20. The summed E-state index contributed by atoms with van der Waals surface area (Å²) in [6, 6.07) is 17.0. The molecule has 0 atom stereocenters. The van der Waals surface area contributed by atoms with E-state index in [4.69, 9.17) is 5.73 Å². The molecule has 0 amide bonds. The van der Waals surface area contributed by atoms with Crippen molar-refractivity contribution in [2.75, 3.05) is 44.6 Å². The fourth-order valence-corrected chi connectivity index (χ4v) is 3.56. The van der Waals surface area contributed by atoms with Crippen molar-refractivity contribution in [1.29, 1.82) is 0 Å². The molecule has 0 unspecified atom stereocenters. The molecule has 3 N–H and O–H groups in total. The van der Waals surface area contributed by atoms with Crippen LogP contribution in [-0.4, -0.2) is 55.0 Å². The molecule has 1 heterocycles. The summed E-state index contributed by atoms with van der Waals surface area (Å²) >= 11 is 0. The number of rotatable bonds is 6. The average Bonchev–Trinajstić information content (AvgIpc) is 2.63. The number of nitrogens with two attached hydrogens (primary N) is 1. The molecular formula is C22H31N5. The summed E-state index contributed by atoms with van der Waals surface area (Å²) in [5.74, 6) is 0.489. The van der Waals surface area contributed by atoms with Crippen LogP contribution >= 0.6 is 0 Å². The van der Waals surface area contributed by atoms with Crippen LogP contribution in [0.2, 0.25) is 0 Å². The highest BCUT2D eigenvalue weighted by Gasteiger charge is 2.16. The molecule has 0 saturated carbocycles. The number of aryl methyl sites for hydroxylation is 2. The summed E-state index contributed by atoms with van der Waals surface area (Å²) < 4.78 is 0. The van der Waals surface area contributed by atoms with Crippen molar-refractivity contribution in [2.24, 2.45) is 10.7 Å². The van der Waals surface area contributed by atoms with Gasteiger partial charge in [0.2, 0.25) is 0 Å². The van der Waals surface area contributed by atoms with Gasteiger partial charge in [-0.05, 0) is 42.7 Å². The molecule has 2 aromatic rings. The number of hydrogen-bond acceptors (Lipinski definition) is 3. The van der Waals surface area contributed by atoms with Crippen molar-refractivity contribution in [3.8, 4) is 0 Å². The Kier molecular flexibility index (Phi) is 6.85. The van der Waals surface area contributed by atoms with Crippen LogP contribution in [0.1, 0.15) is 16.7 Å². The van der Waals surface area contributed by atoms with E-state index in [1.807, 2.05) is 0 Å². The van der Waals surface area contributed by atoms with Gasteiger partial charge in [0.05, 0.1) is 6.54 Å². The predicted octanol–water partition coefficient (Wildman–Crippen LogP) is 2.85. The highest BCUT2D eigenvalue weighted by molar-refractivity contribution is 5.92. The molecule has 1 fully saturated rings. The van der Waals surface area contributed by atoms with Gasteiger partial charge in [-0.2, -0.15) is 0 Å². The fraction of sp³-hybridized carbons (Fsp3) is 0.409. The molecule has 0 radical (unpaired) electrons. The van der Waals surface area contributed by atoms with Crippen molar-refractivity contribution in [3.63, 3.8) is 0 Å². The quantitative estimate of drug-likeness (QED) is 0.610. The molecule has 0 aliphatic carbocycles. The van der Waals surface area contributed by atoms with Crippen molar-refractivity contribution in [1.82, 2.24) is 9.80 Å². The molecule has 27 heavy (non-hydrogen) atoms. The maximum absolute atomic E-state index is 6.04. The van der Waals surface area contributed by atoms with Gasteiger partial charge >= 0.3 is 0 Å². The molecule has 0 spiro atoms. The lowest BCUT2D eigenvalue weighted by Crippen LogP contribution is -2.46. The average molecular weight is 366 g/mol. The minimum absolute atomic E-state index is 0.489. The number of nitrogens with one attached hydrogen (secondary N) is 1. The molecule has 144 valence electrons. The first-order chi connectivity index (χ1) is 13.1. The van der Waals surface area contributed by atoms with Gasteiger partial charge in [0, 0.05) is 45.0 Å². The Morgan fingerprint density at radius 3 is 2.26 bits per heavy atom. The zero-order valence-electron chi connectivity index (χ0n) is 16.5. The Labute approximate surface area is 162 Å². The van der Waals surface area contributed by atoms with Gasteiger partial charge in [-0.25, -0.2) is 0 Å². The van der Waals surface area contributed by atoms with Crippen LogP contribution in [0.5, 0.6) is 0 Å². The summed E-state index contributed by atoms with van der Waals surface area (Å²) in [4.78, 5) is 9.47. The monoisotopic (exact) mass is 365 g/mol. The van der Waals surface area contributed by atoms with E-state index in [9.17, 15) is 0 Å². The standard InChI is InChI=1S/C22H31N5/c1-18-14-19(2)16-21(15-18)25-22(23)24-8-9-26-10-12-27(13-11-26)17-20-6-4-3-5-7-20/h3-7,14-16H,8-13,17H2,1-2H3,(H3,23,24,25). The maximum Gasteiger partial charge on any atom is 0.193 e. The molecule has 1 aliphatic heterocycles. The molecule has 2 aromatic carbocycles. The van der Waals surface area contributed by atoms with E-state index in [1.165, 1.54) is 16.7 Å². The van der Waals surface area contributed by atoms with Crippen molar-refractivity contribution >= 4 is 11.6 Å². The Balaban J connectivity index is 1.38. The first kappa shape index (κ1) is 19.4. The van der Waals surface area contributed by atoms with Gasteiger partial charge in [0.1, 0.15) is 0 Å². The highest BCUT2D eigenvalue weighted by atomic mass is 15.3. The summed E-state index contributed by atoms with van der Waals surface area (Å²) in [6.07, 6.45) is 0. The van der Waals surface area contributed by atoms with Crippen LogP contribution in [0.4, 0.5) is 5.69 Å². The van der Waals surface area contributed by atoms with Gasteiger partial charge in [-0.3, -0.25) is 14.8 Å². The molecular weight excluding hydrogens is 334 g/mol. The normalized spacial score (nSPS) is 16.4. The van der Waals surface area contributed by atoms with Gasteiger partial charge in [-0.15, -0.1) is 0 Å². The summed E-state index contributed by atoms with van der Waals surface area (Å²) in [6.45, 7) is 11.3.